The number of cyclic esters (lactones) is 1. The van der Waals surface area contributed by atoms with E-state index in [-0.39, 0.29) is 26.2 Å². The number of halogens is 1. The Morgan fingerprint density at radius 3 is 2.52 bits per heavy atom. The summed E-state index contributed by atoms with van der Waals surface area (Å²) < 4.78 is 12.0. The minimum Gasteiger partial charge on any atom is -0.463 e. The van der Waals surface area contributed by atoms with Crippen LogP contribution in [0.5, 0.6) is 0 Å². The zero-order valence-electron chi connectivity index (χ0n) is 24.2. The van der Waals surface area contributed by atoms with Crippen LogP contribution in [0.3, 0.4) is 0 Å². The van der Waals surface area contributed by atoms with Gasteiger partial charge < -0.3 is 29.7 Å². The molecule has 2 aromatic carbocycles. The molecule has 7 atom stereocenters. The van der Waals surface area contributed by atoms with Gasteiger partial charge in [-0.2, -0.15) is 0 Å². The van der Waals surface area contributed by atoms with Gasteiger partial charge in [0.25, 0.3) is 5.91 Å². The highest BCUT2D eigenvalue weighted by atomic mass is 35.5. The smallest absolute Gasteiger partial charge is 0.306 e. The molecule has 10 nitrogen and oxygen atoms in total. The Bertz CT molecular complexity index is 1500. The van der Waals surface area contributed by atoms with Gasteiger partial charge in [0, 0.05) is 23.7 Å². The van der Waals surface area contributed by atoms with Crippen molar-refractivity contribution in [2.24, 2.45) is 11.8 Å². The number of anilines is 1. The zero-order chi connectivity index (χ0) is 31.0. The van der Waals surface area contributed by atoms with Gasteiger partial charge in [-0.25, -0.2) is 0 Å². The molecule has 2 aromatic rings. The standard InChI is InChI=1S/C33H34ClN3O7/c1-20(18-38)37-29-32(42)36(23-13-11-22(34)12-14-23)17-7-3-6-10-26(39)43-19-24(21-8-4-2-5-9-21)35-30(40)27-25-15-16-33(29,44-25)28(27)31(37)41/h2-5,7-9,11-16,20,24-25,27-29,38H,6,10,17-19H2,1H3,(H,35,40)/b7-3-/t20-,24-,25-,27+,28+,29-,33+/m1/s1. The summed E-state index contributed by atoms with van der Waals surface area (Å²) in [5.41, 5.74) is -0.135. The minimum absolute atomic E-state index is 0.0880. The molecule has 4 heterocycles. The molecule has 0 radical (unpaired) electrons. The van der Waals surface area contributed by atoms with Crippen LogP contribution in [-0.2, 0) is 28.7 Å². The Hall–Kier alpha value is -3.99. The van der Waals surface area contributed by atoms with Gasteiger partial charge in [0.05, 0.1) is 36.6 Å². The third-order valence-electron chi connectivity index (χ3n) is 8.89. The SMILES string of the molecule is C[C@H](CO)N1C(=O)[C@@H]2[C@H]3C(=O)N[C@@H](c4ccccc4)COC(=O)CC/C=C\CN(c4ccc(Cl)cc4)C(=O)[C@@H]1[C@]21C=C[C@H]3O1. The summed E-state index contributed by atoms with van der Waals surface area (Å²) in [5.74, 6) is -3.68. The molecule has 5 bridgehead atoms. The molecule has 4 aliphatic heterocycles. The van der Waals surface area contributed by atoms with Crippen LogP contribution in [0, 0.1) is 11.8 Å². The summed E-state index contributed by atoms with van der Waals surface area (Å²) in [4.78, 5) is 58.5. The highest BCUT2D eigenvalue weighted by Crippen LogP contribution is 2.56. The van der Waals surface area contributed by atoms with Gasteiger partial charge in [-0.1, -0.05) is 66.2 Å². The first-order valence-corrected chi connectivity index (χ1v) is 15.2. The van der Waals surface area contributed by atoms with Crippen LogP contribution in [-0.4, -0.2) is 77.2 Å². The van der Waals surface area contributed by atoms with Crippen molar-refractivity contribution >= 4 is 41.0 Å². The van der Waals surface area contributed by atoms with Crippen LogP contribution in [0.25, 0.3) is 0 Å². The fraction of sp³-hybridized carbons (Fsp3) is 0.394. The van der Waals surface area contributed by atoms with E-state index < -0.39 is 65.4 Å². The van der Waals surface area contributed by atoms with Crippen molar-refractivity contribution in [1.82, 2.24) is 10.2 Å². The van der Waals surface area contributed by atoms with Crippen molar-refractivity contribution in [3.63, 3.8) is 0 Å². The van der Waals surface area contributed by atoms with E-state index in [9.17, 15) is 24.3 Å². The number of likely N-dealkylation sites (tertiary alicyclic amines) is 1. The van der Waals surface area contributed by atoms with E-state index in [2.05, 4.69) is 5.32 Å². The summed E-state index contributed by atoms with van der Waals surface area (Å²) in [5, 5.41) is 13.7. The average molecular weight is 620 g/mol. The van der Waals surface area contributed by atoms with Gasteiger partial charge in [0.2, 0.25) is 11.8 Å². The molecule has 0 aromatic heterocycles. The molecule has 2 N–H and O–H groups in total. The topological polar surface area (TPSA) is 125 Å². The predicted molar refractivity (Wildman–Crippen MR) is 161 cm³/mol. The number of nitrogens with zero attached hydrogens (tertiary/aromatic N) is 2. The Kier molecular flexibility index (Phi) is 8.32. The molecule has 0 saturated carbocycles. The van der Waals surface area contributed by atoms with Crippen molar-refractivity contribution in [2.45, 2.75) is 49.6 Å². The monoisotopic (exact) mass is 619 g/mol. The summed E-state index contributed by atoms with van der Waals surface area (Å²) in [6.45, 7) is 1.33. The third kappa shape index (κ3) is 5.21. The van der Waals surface area contributed by atoms with Crippen molar-refractivity contribution in [1.29, 1.82) is 0 Å². The third-order valence-corrected chi connectivity index (χ3v) is 9.14. The molecule has 2 fully saturated rings. The Morgan fingerprint density at radius 2 is 1.80 bits per heavy atom. The lowest BCUT2D eigenvalue weighted by Crippen LogP contribution is -2.58. The second kappa shape index (κ2) is 12.2. The van der Waals surface area contributed by atoms with Gasteiger partial charge in [-0.3, -0.25) is 19.2 Å². The number of carbonyl (C=O) groups excluding carboxylic acids is 4. The number of carbonyl (C=O) groups is 4. The van der Waals surface area contributed by atoms with Crippen molar-refractivity contribution in [3.8, 4) is 0 Å². The molecule has 0 aliphatic carbocycles. The number of aliphatic hydroxyl groups is 1. The lowest BCUT2D eigenvalue weighted by Gasteiger charge is -2.37. The number of hydrogen-bond acceptors (Lipinski definition) is 7. The number of aliphatic hydroxyl groups excluding tert-OH is 1. The average Bonchev–Trinajstić information content (AvgIpc) is 3.68. The normalized spacial score (nSPS) is 31.9. The van der Waals surface area contributed by atoms with Crippen LogP contribution in [0.1, 0.15) is 31.4 Å². The number of benzene rings is 2. The first kappa shape index (κ1) is 30.1. The Balaban J connectivity index is 1.44. The molecular weight excluding hydrogens is 586 g/mol. The van der Waals surface area contributed by atoms with Gasteiger partial charge >= 0.3 is 5.97 Å². The quantitative estimate of drug-likeness (QED) is 0.398. The van der Waals surface area contributed by atoms with Crippen LogP contribution in [0.15, 0.2) is 78.9 Å². The molecule has 1 spiro atoms. The van der Waals surface area contributed by atoms with Gasteiger partial charge in [0.15, 0.2) is 0 Å². The fourth-order valence-electron chi connectivity index (χ4n) is 6.76. The van der Waals surface area contributed by atoms with Gasteiger partial charge in [0.1, 0.15) is 18.2 Å². The number of allylic oxidation sites excluding steroid dienone is 1. The fourth-order valence-corrected chi connectivity index (χ4v) is 6.89. The number of esters is 1. The molecule has 230 valence electrons. The molecule has 3 amide bonds. The molecule has 11 heteroatoms. The van der Waals surface area contributed by atoms with E-state index in [4.69, 9.17) is 21.1 Å². The van der Waals surface area contributed by atoms with Gasteiger partial charge in [-0.15, -0.1) is 0 Å². The maximum Gasteiger partial charge on any atom is 0.306 e. The summed E-state index contributed by atoms with van der Waals surface area (Å²) in [6.07, 6.45) is 6.81. The van der Waals surface area contributed by atoms with Crippen molar-refractivity contribution in [2.75, 3.05) is 24.7 Å². The van der Waals surface area contributed by atoms with Crippen LogP contribution >= 0.6 is 11.6 Å². The number of nitrogens with one attached hydrogen (secondary N) is 1. The lowest BCUT2D eigenvalue weighted by atomic mass is 9.74. The number of ether oxygens (including phenoxy) is 2. The first-order valence-electron chi connectivity index (χ1n) is 14.8. The molecular formula is C33H34ClN3O7. The predicted octanol–water partition coefficient (Wildman–Crippen LogP) is 2.96. The zero-order valence-corrected chi connectivity index (χ0v) is 24.9. The molecule has 4 aliphatic rings. The number of fused-ring (bicyclic) bond motifs is 2. The second-order valence-electron chi connectivity index (χ2n) is 11.6. The van der Waals surface area contributed by atoms with E-state index in [1.807, 2.05) is 30.3 Å². The highest BCUT2D eigenvalue weighted by Gasteiger charge is 2.73. The lowest BCUT2D eigenvalue weighted by molar-refractivity contribution is -0.146. The maximum atomic E-state index is 14.6. The largest absolute Gasteiger partial charge is 0.463 e. The van der Waals surface area contributed by atoms with Crippen LogP contribution < -0.4 is 10.2 Å². The number of hydrogen-bond donors (Lipinski definition) is 2. The highest BCUT2D eigenvalue weighted by molar-refractivity contribution is 6.30. The van der Waals surface area contributed by atoms with E-state index in [0.29, 0.717) is 17.1 Å². The van der Waals surface area contributed by atoms with Crippen LogP contribution in [0.2, 0.25) is 5.02 Å². The summed E-state index contributed by atoms with van der Waals surface area (Å²) >= 11 is 6.14. The van der Waals surface area contributed by atoms with Crippen molar-refractivity contribution in [3.05, 3.63) is 89.5 Å². The molecule has 44 heavy (non-hydrogen) atoms. The van der Waals surface area contributed by atoms with E-state index in [1.54, 1.807) is 55.5 Å². The number of rotatable bonds is 4. The molecule has 2 saturated heterocycles. The van der Waals surface area contributed by atoms with Crippen molar-refractivity contribution < 1.29 is 33.8 Å². The second-order valence-corrected chi connectivity index (χ2v) is 12.0. The number of amides is 3. The molecule has 0 unspecified atom stereocenters. The van der Waals surface area contributed by atoms with E-state index in [0.717, 1.165) is 5.56 Å². The summed E-state index contributed by atoms with van der Waals surface area (Å²) in [7, 11) is 0. The molecule has 6 rings (SSSR count). The Labute approximate surface area is 260 Å². The van der Waals surface area contributed by atoms with E-state index >= 15 is 0 Å². The van der Waals surface area contributed by atoms with Gasteiger partial charge in [-0.05, 0) is 43.2 Å². The summed E-state index contributed by atoms with van der Waals surface area (Å²) in [6, 6.07) is 13.4. The Morgan fingerprint density at radius 1 is 1.05 bits per heavy atom. The van der Waals surface area contributed by atoms with E-state index in [1.165, 1.54) is 9.80 Å². The first-order chi connectivity index (χ1) is 21.2. The minimum atomic E-state index is -1.42. The maximum absolute atomic E-state index is 14.6. The van der Waals surface area contributed by atoms with Crippen LogP contribution in [0.4, 0.5) is 5.69 Å².